The predicted molar refractivity (Wildman–Crippen MR) is 142 cm³/mol. The SMILES string of the molecule is CCS(=O)(=O)Nc1ncccc1CNc1nc(NC2OCC2(C)CNC(=O)c2ccccc2)ncc1C(F)(F)F. The Bertz CT molecular complexity index is 1460. The molecule has 2 unspecified atom stereocenters. The highest BCUT2D eigenvalue weighted by atomic mass is 32.2. The first-order valence-corrected chi connectivity index (χ1v) is 13.9. The summed E-state index contributed by atoms with van der Waals surface area (Å²) in [7, 11) is -3.66. The molecule has 4 rings (SSSR count). The van der Waals surface area contributed by atoms with Crippen molar-refractivity contribution < 1.29 is 31.1 Å². The third-order valence-corrected chi connectivity index (χ3v) is 7.49. The Morgan fingerprint density at radius 3 is 2.52 bits per heavy atom. The van der Waals surface area contributed by atoms with Crippen LogP contribution in [-0.2, 0) is 27.5 Å². The molecule has 0 saturated carbocycles. The van der Waals surface area contributed by atoms with Crippen LogP contribution in [-0.4, -0.2) is 54.4 Å². The van der Waals surface area contributed by atoms with E-state index in [-0.39, 0.29) is 36.5 Å². The molecule has 1 saturated heterocycles. The quantitative estimate of drug-likeness (QED) is 0.268. The zero-order chi connectivity index (χ0) is 29.0. The van der Waals surface area contributed by atoms with E-state index in [2.05, 4.69) is 35.6 Å². The first-order valence-electron chi connectivity index (χ1n) is 12.2. The number of sulfonamides is 1. The Hall–Kier alpha value is -3.98. The number of anilines is 3. The second-order valence-electron chi connectivity index (χ2n) is 9.36. The highest BCUT2D eigenvalue weighted by molar-refractivity contribution is 7.92. The van der Waals surface area contributed by atoms with Crippen LogP contribution < -0.4 is 20.7 Å². The molecule has 214 valence electrons. The summed E-state index contributed by atoms with van der Waals surface area (Å²) in [5.41, 5.74) is -0.878. The van der Waals surface area contributed by atoms with Crippen molar-refractivity contribution in [3.63, 3.8) is 0 Å². The monoisotopic (exact) mass is 579 g/mol. The minimum absolute atomic E-state index is 0.00556. The van der Waals surface area contributed by atoms with Crippen LogP contribution in [0.2, 0.25) is 0 Å². The predicted octanol–water partition coefficient (Wildman–Crippen LogP) is 3.47. The van der Waals surface area contributed by atoms with Gasteiger partial charge in [0.15, 0.2) is 0 Å². The highest BCUT2D eigenvalue weighted by Gasteiger charge is 2.45. The molecule has 4 N–H and O–H groups in total. The van der Waals surface area contributed by atoms with Crippen LogP contribution >= 0.6 is 0 Å². The van der Waals surface area contributed by atoms with E-state index in [0.29, 0.717) is 23.9 Å². The second kappa shape index (κ2) is 11.6. The molecule has 2 aromatic heterocycles. The number of rotatable bonds is 11. The van der Waals surface area contributed by atoms with Gasteiger partial charge in [0.25, 0.3) is 5.91 Å². The molecule has 0 radical (unpaired) electrons. The van der Waals surface area contributed by atoms with E-state index in [1.165, 1.54) is 25.3 Å². The van der Waals surface area contributed by atoms with E-state index in [1.54, 1.807) is 30.3 Å². The number of carbonyl (C=O) groups is 1. The van der Waals surface area contributed by atoms with E-state index < -0.39 is 39.2 Å². The summed E-state index contributed by atoms with van der Waals surface area (Å²) in [6.07, 6.45) is -3.43. The van der Waals surface area contributed by atoms with Gasteiger partial charge >= 0.3 is 6.18 Å². The zero-order valence-corrected chi connectivity index (χ0v) is 22.4. The van der Waals surface area contributed by atoms with Crippen molar-refractivity contribution in [1.29, 1.82) is 0 Å². The van der Waals surface area contributed by atoms with E-state index in [9.17, 15) is 26.4 Å². The molecule has 1 aliphatic rings. The summed E-state index contributed by atoms with van der Waals surface area (Å²) in [4.78, 5) is 24.3. The number of nitrogens with zero attached hydrogens (tertiary/aromatic N) is 3. The van der Waals surface area contributed by atoms with Gasteiger partial charge in [0, 0.05) is 36.6 Å². The van der Waals surface area contributed by atoms with Crippen molar-refractivity contribution in [2.45, 2.75) is 32.8 Å². The Morgan fingerprint density at radius 2 is 1.88 bits per heavy atom. The molecule has 0 aliphatic carbocycles. The van der Waals surface area contributed by atoms with Crippen molar-refractivity contribution in [2.24, 2.45) is 5.41 Å². The maximum Gasteiger partial charge on any atom is 0.421 e. The lowest BCUT2D eigenvalue weighted by atomic mass is 9.84. The van der Waals surface area contributed by atoms with Gasteiger partial charge in [-0.15, -0.1) is 0 Å². The molecule has 1 fully saturated rings. The summed E-state index contributed by atoms with van der Waals surface area (Å²) in [6, 6.07) is 11.7. The number of hydrogen-bond acceptors (Lipinski definition) is 9. The van der Waals surface area contributed by atoms with E-state index >= 15 is 0 Å². The number of benzene rings is 1. The third kappa shape index (κ3) is 6.96. The normalized spacial score (nSPS) is 18.9. The largest absolute Gasteiger partial charge is 0.421 e. The van der Waals surface area contributed by atoms with Crippen molar-refractivity contribution in [3.05, 3.63) is 71.5 Å². The molecule has 40 heavy (non-hydrogen) atoms. The van der Waals surface area contributed by atoms with Crippen molar-refractivity contribution in [3.8, 4) is 0 Å². The zero-order valence-electron chi connectivity index (χ0n) is 21.6. The summed E-state index contributed by atoms with van der Waals surface area (Å²) in [5, 5.41) is 8.36. The lowest BCUT2D eigenvalue weighted by Gasteiger charge is -2.46. The highest BCUT2D eigenvalue weighted by Crippen LogP contribution is 2.37. The van der Waals surface area contributed by atoms with Crippen LogP contribution in [0.15, 0.2) is 54.9 Å². The third-order valence-electron chi connectivity index (χ3n) is 6.23. The summed E-state index contributed by atoms with van der Waals surface area (Å²) in [6.45, 7) is 3.62. The number of aromatic nitrogens is 3. The van der Waals surface area contributed by atoms with Crippen molar-refractivity contribution >= 4 is 33.5 Å². The van der Waals surface area contributed by atoms with Crippen LogP contribution in [0, 0.1) is 5.41 Å². The van der Waals surface area contributed by atoms with Crippen LogP contribution in [0.25, 0.3) is 0 Å². The van der Waals surface area contributed by atoms with Gasteiger partial charge in [-0.25, -0.2) is 18.4 Å². The molecular formula is C25H28F3N7O4S. The molecule has 15 heteroatoms. The number of pyridine rings is 1. The summed E-state index contributed by atoms with van der Waals surface area (Å²) < 4.78 is 73.0. The standard InChI is InChI=1S/C25H28F3N7O4S/c1-3-40(37,38)35-19-17(10-7-11-29-19)12-30-20-18(25(26,27)28)13-31-23(33-20)34-22-24(2,15-39-22)14-32-21(36)16-8-5-4-6-9-16/h4-11,13,22H,3,12,14-15H2,1-2H3,(H,29,35)(H,32,36)(H2,30,31,33,34). The Labute approximate surface area is 229 Å². The number of amides is 1. The number of halogens is 3. The van der Waals surface area contributed by atoms with Gasteiger partial charge in [0.2, 0.25) is 16.0 Å². The van der Waals surface area contributed by atoms with Crippen molar-refractivity contribution in [1.82, 2.24) is 20.3 Å². The fraction of sp³-hybridized carbons (Fsp3) is 0.360. The fourth-order valence-electron chi connectivity index (χ4n) is 3.77. The molecule has 2 atom stereocenters. The minimum atomic E-state index is -4.76. The molecule has 0 bridgehead atoms. The maximum absolute atomic E-state index is 13.7. The molecular weight excluding hydrogens is 551 g/mol. The lowest BCUT2D eigenvalue weighted by Crippen LogP contribution is -2.59. The average Bonchev–Trinajstić information content (AvgIpc) is 2.93. The van der Waals surface area contributed by atoms with Gasteiger partial charge in [-0.1, -0.05) is 31.2 Å². The van der Waals surface area contributed by atoms with E-state index in [4.69, 9.17) is 4.74 Å². The molecule has 0 spiro atoms. The van der Waals surface area contributed by atoms with Crippen LogP contribution in [0.1, 0.15) is 35.3 Å². The van der Waals surface area contributed by atoms with Gasteiger partial charge in [-0.2, -0.15) is 18.2 Å². The number of ether oxygens (including phenoxy) is 1. The second-order valence-corrected chi connectivity index (χ2v) is 11.4. The van der Waals surface area contributed by atoms with Gasteiger partial charge in [-0.05, 0) is 25.1 Å². The van der Waals surface area contributed by atoms with E-state index in [1.807, 2.05) is 6.92 Å². The van der Waals surface area contributed by atoms with Gasteiger partial charge < -0.3 is 20.7 Å². The van der Waals surface area contributed by atoms with E-state index in [0.717, 1.165) is 0 Å². The smallest absolute Gasteiger partial charge is 0.365 e. The van der Waals surface area contributed by atoms with Gasteiger partial charge in [-0.3, -0.25) is 9.52 Å². The number of alkyl halides is 3. The Kier molecular flexibility index (Phi) is 8.44. The van der Waals surface area contributed by atoms with Crippen LogP contribution in [0.4, 0.5) is 30.8 Å². The van der Waals surface area contributed by atoms with Gasteiger partial charge in [0.05, 0.1) is 17.8 Å². The number of nitrogens with one attached hydrogen (secondary N) is 4. The number of carbonyl (C=O) groups excluding carboxylic acids is 1. The summed E-state index contributed by atoms with van der Waals surface area (Å²) >= 11 is 0. The Balaban J connectivity index is 1.47. The van der Waals surface area contributed by atoms with Crippen molar-refractivity contribution in [2.75, 3.05) is 34.3 Å². The fourth-order valence-corrected chi connectivity index (χ4v) is 4.39. The maximum atomic E-state index is 13.7. The lowest BCUT2D eigenvalue weighted by molar-refractivity contribution is -0.158. The first-order chi connectivity index (χ1) is 18.9. The summed E-state index contributed by atoms with van der Waals surface area (Å²) in [5.74, 6) is -1.11. The minimum Gasteiger partial charge on any atom is -0.365 e. The van der Waals surface area contributed by atoms with Gasteiger partial charge in [0.1, 0.15) is 23.4 Å². The molecule has 3 heterocycles. The molecule has 1 amide bonds. The van der Waals surface area contributed by atoms with Crippen LogP contribution in [0.5, 0.6) is 0 Å². The molecule has 11 nitrogen and oxygen atoms in total. The Morgan fingerprint density at radius 1 is 1.12 bits per heavy atom. The number of hydrogen-bond donors (Lipinski definition) is 4. The topological polar surface area (TPSA) is 147 Å². The molecule has 1 aliphatic heterocycles. The van der Waals surface area contributed by atoms with Crippen LogP contribution in [0.3, 0.4) is 0 Å². The molecule has 3 aromatic rings. The first kappa shape index (κ1) is 29.0. The average molecular weight is 580 g/mol. The molecule has 1 aromatic carbocycles.